The molecule has 1 aromatic heterocycles. The summed E-state index contributed by atoms with van der Waals surface area (Å²) in [6, 6.07) is 0. The fourth-order valence-corrected chi connectivity index (χ4v) is 0.891. The lowest BCUT2D eigenvalue weighted by Gasteiger charge is -1.96. The maximum absolute atomic E-state index is 12.4. The van der Waals surface area contributed by atoms with E-state index in [-0.39, 0.29) is 15.1 Å². The number of rotatable bonds is 0. The maximum Gasteiger partial charge on any atom is 0.233 e. The Hall–Kier alpha value is -0.0500. The molecule has 0 unspecified atom stereocenters. The monoisotopic (exact) mass is 199 g/mol. The predicted octanol–water partition coefficient (Wildman–Crippen LogP) is 3.18. The SMILES string of the molecule is Fc1ncc(Cl)c(Cl)c1Cl. The molecule has 1 rings (SSSR count). The summed E-state index contributed by atoms with van der Waals surface area (Å²) in [7, 11) is 0. The van der Waals surface area contributed by atoms with E-state index >= 15 is 0 Å². The van der Waals surface area contributed by atoms with Gasteiger partial charge in [0.15, 0.2) is 0 Å². The first-order valence-corrected chi connectivity index (χ1v) is 3.41. The molecule has 0 bridgehead atoms. The molecule has 0 saturated carbocycles. The summed E-state index contributed by atoms with van der Waals surface area (Å²) in [6.45, 7) is 0. The second kappa shape index (κ2) is 2.91. The topological polar surface area (TPSA) is 12.9 Å². The molecule has 0 aliphatic carbocycles. The molecule has 0 N–H and O–H groups in total. The van der Waals surface area contributed by atoms with E-state index < -0.39 is 5.95 Å². The predicted molar refractivity (Wildman–Crippen MR) is 39.2 cm³/mol. The fraction of sp³-hybridized carbons (Fsp3) is 0. The lowest BCUT2D eigenvalue weighted by molar-refractivity contribution is 0.584. The van der Waals surface area contributed by atoms with Gasteiger partial charge >= 0.3 is 0 Å². The molecule has 1 nitrogen and oxygen atoms in total. The Balaban J connectivity index is 3.34. The van der Waals surface area contributed by atoms with Crippen LogP contribution in [-0.4, -0.2) is 4.98 Å². The lowest BCUT2D eigenvalue weighted by atomic mass is 10.5. The number of halogens is 4. The third kappa shape index (κ3) is 1.34. The quantitative estimate of drug-likeness (QED) is 0.586. The van der Waals surface area contributed by atoms with Crippen LogP contribution in [0.2, 0.25) is 15.1 Å². The maximum atomic E-state index is 12.4. The molecule has 0 fully saturated rings. The average Bonchev–Trinajstić information content (AvgIpc) is 1.93. The minimum absolute atomic E-state index is 0.00386. The molecule has 0 radical (unpaired) electrons. The van der Waals surface area contributed by atoms with Crippen LogP contribution < -0.4 is 0 Å². The largest absolute Gasteiger partial charge is 0.233 e. The molecule has 5 heteroatoms. The summed E-state index contributed by atoms with van der Waals surface area (Å²) >= 11 is 16.2. The van der Waals surface area contributed by atoms with Gasteiger partial charge in [0.2, 0.25) is 5.95 Å². The first-order chi connectivity index (χ1) is 4.63. The molecule has 1 heterocycles. The summed E-state index contributed by atoms with van der Waals surface area (Å²) < 4.78 is 12.4. The third-order valence-corrected chi connectivity index (χ3v) is 2.09. The number of hydrogen-bond acceptors (Lipinski definition) is 1. The Labute approximate surface area is 71.7 Å². The van der Waals surface area contributed by atoms with Gasteiger partial charge in [-0.05, 0) is 0 Å². The van der Waals surface area contributed by atoms with Crippen LogP contribution in [0.25, 0.3) is 0 Å². The zero-order valence-corrected chi connectivity index (χ0v) is 6.80. The van der Waals surface area contributed by atoms with Gasteiger partial charge in [-0.2, -0.15) is 4.39 Å². The number of nitrogens with zero attached hydrogens (tertiary/aromatic N) is 1. The summed E-state index contributed by atoms with van der Waals surface area (Å²) in [4.78, 5) is 3.22. The third-order valence-electron chi connectivity index (χ3n) is 0.875. The van der Waals surface area contributed by atoms with Crippen LogP contribution in [0.5, 0.6) is 0 Å². The van der Waals surface area contributed by atoms with Crippen molar-refractivity contribution >= 4 is 34.8 Å². The lowest BCUT2D eigenvalue weighted by Crippen LogP contribution is -1.84. The summed E-state index contributed by atoms with van der Waals surface area (Å²) in [6.07, 6.45) is 1.10. The Kier molecular flexibility index (Phi) is 2.34. The molecule has 0 saturated heterocycles. The Morgan fingerprint density at radius 3 is 2.30 bits per heavy atom. The van der Waals surface area contributed by atoms with Gasteiger partial charge in [0.25, 0.3) is 0 Å². The van der Waals surface area contributed by atoms with Crippen molar-refractivity contribution in [3.63, 3.8) is 0 Å². The van der Waals surface area contributed by atoms with Crippen molar-refractivity contribution in [3.05, 3.63) is 27.2 Å². The number of aromatic nitrogens is 1. The van der Waals surface area contributed by atoms with Crippen molar-refractivity contribution in [1.29, 1.82) is 0 Å². The smallest absolute Gasteiger partial charge is 0.225 e. The van der Waals surface area contributed by atoms with Crippen molar-refractivity contribution in [3.8, 4) is 0 Å². The first-order valence-electron chi connectivity index (χ1n) is 2.28. The van der Waals surface area contributed by atoms with Gasteiger partial charge < -0.3 is 0 Å². The van der Waals surface area contributed by atoms with Gasteiger partial charge in [0.05, 0.1) is 16.2 Å². The Bertz CT molecular complexity index is 236. The number of hydrogen-bond donors (Lipinski definition) is 0. The minimum Gasteiger partial charge on any atom is -0.225 e. The summed E-state index contributed by atoms with van der Waals surface area (Å²) in [5.41, 5.74) is 0. The van der Waals surface area contributed by atoms with Gasteiger partial charge in [-0.15, -0.1) is 0 Å². The van der Waals surface area contributed by atoms with Crippen molar-refractivity contribution in [2.75, 3.05) is 0 Å². The zero-order valence-electron chi connectivity index (χ0n) is 4.54. The number of pyridine rings is 1. The second-order valence-corrected chi connectivity index (χ2v) is 2.69. The molecular weight excluding hydrogens is 199 g/mol. The molecule has 1 aromatic rings. The Morgan fingerprint density at radius 1 is 1.20 bits per heavy atom. The van der Waals surface area contributed by atoms with Crippen LogP contribution >= 0.6 is 34.8 Å². The average molecular weight is 200 g/mol. The fourth-order valence-electron chi connectivity index (χ4n) is 0.422. The van der Waals surface area contributed by atoms with E-state index in [1.165, 1.54) is 0 Å². The van der Waals surface area contributed by atoms with Crippen LogP contribution in [0, 0.1) is 5.95 Å². The van der Waals surface area contributed by atoms with Crippen molar-refractivity contribution in [2.45, 2.75) is 0 Å². The van der Waals surface area contributed by atoms with E-state index in [9.17, 15) is 4.39 Å². The van der Waals surface area contributed by atoms with E-state index in [4.69, 9.17) is 34.8 Å². The van der Waals surface area contributed by atoms with E-state index in [0.717, 1.165) is 6.20 Å². The molecule has 10 heavy (non-hydrogen) atoms. The molecule has 0 aliphatic rings. The van der Waals surface area contributed by atoms with Crippen molar-refractivity contribution in [1.82, 2.24) is 4.98 Å². The Morgan fingerprint density at radius 2 is 1.80 bits per heavy atom. The first kappa shape index (κ1) is 8.05. The van der Waals surface area contributed by atoms with E-state index in [1.54, 1.807) is 0 Å². The van der Waals surface area contributed by atoms with Crippen LogP contribution in [0.3, 0.4) is 0 Å². The normalized spacial score (nSPS) is 10.0. The standard InChI is InChI=1S/C5HCl3FN/c6-2-1-10-5(9)4(8)3(2)7/h1H. The highest BCUT2D eigenvalue weighted by atomic mass is 35.5. The molecule has 0 atom stereocenters. The van der Waals surface area contributed by atoms with Gasteiger partial charge in [-0.3, -0.25) is 0 Å². The molecule has 54 valence electrons. The summed E-state index contributed by atoms with van der Waals surface area (Å²) in [5, 5.41) is -0.0990. The van der Waals surface area contributed by atoms with Crippen molar-refractivity contribution < 1.29 is 4.39 Å². The van der Waals surface area contributed by atoms with Gasteiger partial charge in [0, 0.05) is 0 Å². The van der Waals surface area contributed by atoms with Gasteiger partial charge in [-0.1, -0.05) is 34.8 Å². The highest BCUT2D eigenvalue weighted by molar-refractivity contribution is 6.47. The van der Waals surface area contributed by atoms with Crippen molar-refractivity contribution in [2.24, 2.45) is 0 Å². The molecule has 0 aliphatic heterocycles. The van der Waals surface area contributed by atoms with Crippen LogP contribution in [0.1, 0.15) is 0 Å². The second-order valence-electron chi connectivity index (χ2n) is 1.52. The molecule has 0 amide bonds. The van der Waals surface area contributed by atoms with Crippen LogP contribution in [0.15, 0.2) is 6.20 Å². The van der Waals surface area contributed by atoms with E-state index in [1.807, 2.05) is 0 Å². The highest BCUT2D eigenvalue weighted by Crippen LogP contribution is 2.29. The van der Waals surface area contributed by atoms with E-state index in [0.29, 0.717) is 0 Å². The minimum atomic E-state index is -0.809. The van der Waals surface area contributed by atoms with Crippen LogP contribution in [-0.2, 0) is 0 Å². The molecule has 0 aromatic carbocycles. The molecular formula is C5HCl3FN. The van der Waals surface area contributed by atoms with E-state index in [2.05, 4.69) is 4.98 Å². The highest BCUT2D eigenvalue weighted by Gasteiger charge is 2.08. The zero-order chi connectivity index (χ0) is 7.72. The van der Waals surface area contributed by atoms with Gasteiger partial charge in [0.1, 0.15) is 5.02 Å². The van der Waals surface area contributed by atoms with Crippen LogP contribution in [0.4, 0.5) is 4.39 Å². The summed E-state index contributed by atoms with van der Waals surface area (Å²) in [5.74, 6) is -0.809. The van der Waals surface area contributed by atoms with Gasteiger partial charge in [-0.25, -0.2) is 4.98 Å². The molecule has 0 spiro atoms.